The zero-order chi connectivity index (χ0) is 14.1. The highest BCUT2D eigenvalue weighted by Gasteiger charge is 2.18. The third-order valence-electron chi connectivity index (χ3n) is 4.35. The summed E-state index contributed by atoms with van der Waals surface area (Å²) in [5.41, 5.74) is 8.71. The lowest BCUT2D eigenvalue weighted by molar-refractivity contribution is 0.754. The Morgan fingerprint density at radius 3 is 2.45 bits per heavy atom. The van der Waals surface area contributed by atoms with Gasteiger partial charge >= 0.3 is 0 Å². The van der Waals surface area contributed by atoms with E-state index in [2.05, 4.69) is 69.3 Å². The molecule has 0 aliphatic heterocycles. The van der Waals surface area contributed by atoms with Crippen molar-refractivity contribution in [2.24, 2.45) is 5.92 Å². The topological polar surface area (TPSA) is 0 Å². The smallest absolute Gasteiger partial charge is 0.00550 e. The molecule has 102 valence electrons. The standard InChI is InChI=1S/C20H22/c1-4-15-8-5-6-10-18(15)19-11-7-9-16-12-17(14(2)3)13-20(16)19/h5-11,13-14H,4,12H2,1-3H3. The van der Waals surface area contributed by atoms with Gasteiger partial charge in [-0.25, -0.2) is 0 Å². The molecule has 0 N–H and O–H groups in total. The fourth-order valence-electron chi connectivity index (χ4n) is 3.09. The molecule has 0 saturated heterocycles. The maximum Gasteiger partial charge on any atom is -0.00550 e. The largest absolute Gasteiger partial charge is 0.0626 e. The first-order valence-electron chi connectivity index (χ1n) is 7.61. The van der Waals surface area contributed by atoms with E-state index in [9.17, 15) is 0 Å². The molecule has 0 heterocycles. The van der Waals surface area contributed by atoms with Crippen molar-refractivity contribution in [1.29, 1.82) is 0 Å². The van der Waals surface area contributed by atoms with Crippen LogP contribution in [0.2, 0.25) is 0 Å². The SMILES string of the molecule is CCc1ccccc1-c1cccc2c1C=C(C(C)C)C2. The van der Waals surface area contributed by atoms with Crippen molar-refractivity contribution in [2.75, 3.05) is 0 Å². The second-order valence-corrected chi connectivity index (χ2v) is 5.94. The van der Waals surface area contributed by atoms with Crippen LogP contribution in [0.5, 0.6) is 0 Å². The summed E-state index contributed by atoms with van der Waals surface area (Å²) in [5, 5.41) is 0. The van der Waals surface area contributed by atoms with Crippen LogP contribution in [0.25, 0.3) is 17.2 Å². The molecule has 0 nitrogen and oxygen atoms in total. The zero-order valence-corrected chi connectivity index (χ0v) is 12.6. The molecule has 0 bridgehead atoms. The maximum absolute atomic E-state index is 2.42. The molecule has 20 heavy (non-hydrogen) atoms. The fraction of sp³-hybridized carbons (Fsp3) is 0.300. The van der Waals surface area contributed by atoms with E-state index in [1.54, 1.807) is 5.57 Å². The lowest BCUT2D eigenvalue weighted by Gasteiger charge is -2.11. The molecule has 1 aliphatic carbocycles. The summed E-state index contributed by atoms with van der Waals surface area (Å²) in [4.78, 5) is 0. The normalized spacial score (nSPS) is 13.5. The molecule has 2 aromatic rings. The molecule has 0 spiro atoms. The van der Waals surface area contributed by atoms with E-state index in [0.29, 0.717) is 5.92 Å². The van der Waals surface area contributed by atoms with E-state index in [-0.39, 0.29) is 0 Å². The van der Waals surface area contributed by atoms with Gasteiger partial charge in [-0.05, 0) is 46.6 Å². The number of allylic oxidation sites excluding steroid dienone is 1. The summed E-state index contributed by atoms with van der Waals surface area (Å²) in [6.45, 7) is 6.81. The molecule has 3 rings (SSSR count). The Morgan fingerprint density at radius 2 is 1.70 bits per heavy atom. The lowest BCUT2D eigenvalue weighted by Crippen LogP contribution is -1.93. The van der Waals surface area contributed by atoms with Gasteiger partial charge in [0.05, 0.1) is 0 Å². The predicted molar refractivity (Wildman–Crippen MR) is 87.8 cm³/mol. The van der Waals surface area contributed by atoms with Crippen molar-refractivity contribution < 1.29 is 0 Å². The summed E-state index contributed by atoms with van der Waals surface area (Å²) in [6, 6.07) is 15.5. The first-order chi connectivity index (χ1) is 9.70. The van der Waals surface area contributed by atoms with Crippen LogP contribution in [0.1, 0.15) is 37.5 Å². The monoisotopic (exact) mass is 262 g/mol. The Kier molecular flexibility index (Phi) is 3.48. The molecular formula is C20H22. The summed E-state index contributed by atoms with van der Waals surface area (Å²) >= 11 is 0. The molecule has 0 atom stereocenters. The molecule has 0 radical (unpaired) electrons. The minimum absolute atomic E-state index is 0.636. The number of rotatable bonds is 3. The average molecular weight is 262 g/mol. The third-order valence-corrected chi connectivity index (χ3v) is 4.35. The fourth-order valence-corrected chi connectivity index (χ4v) is 3.09. The van der Waals surface area contributed by atoms with E-state index in [0.717, 1.165) is 12.8 Å². The molecule has 0 unspecified atom stereocenters. The zero-order valence-electron chi connectivity index (χ0n) is 12.6. The van der Waals surface area contributed by atoms with Crippen LogP contribution in [0.3, 0.4) is 0 Å². The van der Waals surface area contributed by atoms with Gasteiger partial charge in [0.15, 0.2) is 0 Å². The average Bonchev–Trinajstić information content (AvgIpc) is 2.91. The molecule has 0 saturated carbocycles. The first-order valence-corrected chi connectivity index (χ1v) is 7.61. The van der Waals surface area contributed by atoms with Crippen molar-refractivity contribution in [3.8, 4) is 11.1 Å². The van der Waals surface area contributed by atoms with Crippen LogP contribution < -0.4 is 0 Å². The van der Waals surface area contributed by atoms with E-state index >= 15 is 0 Å². The molecule has 0 fully saturated rings. The Bertz CT molecular complexity index is 659. The quantitative estimate of drug-likeness (QED) is 0.684. The van der Waals surface area contributed by atoms with Gasteiger partial charge in [0.1, 0.15) is 0 Å². The number of benzene rings is 2. The Balaban J connectivity index is 2.16. The minimum Gasteiger partial charge on any atom is -0.0626 e. The Morgan fingerprint density at radius 1 is 0.950 bits per heavy atom. The van der Waals surface area contributed by atoms with Gasteiger partial charge in [-0.2, -0.15) is 0 Å². The van der Waals surface area contributed by atoms with Crippen molar-refractivity contribution in [2.45, 2.75) is 33.6 Å². The van der Waals surface area contributed by atoms with Gasteiger partial charge in [0.2, 0.25) is 0 Å². The van der Waals surface area contributed by atoms with Gasteiger partial charge in [-0.15, -0.1) is 0 Å². The van der Waals surface area contributed by atoms with Crippen LogP contribution >= 0.6 is 0 Å². The molecule has 0 aromatic heterocycles. The van der Waals surface area contributed by atoms with Gasteiger partial charge in [0, 0.05) is 0 Å². The third kappa shape index (κ3) is 2.20. The van der Waals surface area contributed by atoms with Crippen LogP contribution in [-0.2, 0) is 12.8 Å². The van der Waals surface area contributed by atoms with Crippen molar-refractivity contribution in [3.63, 3.8) is 0 Å². The number of hydrogen-bond acceptors (Lipinski definition) is 0. The Hall–Kier alpha value is -1.82. The Labute approximate surface area is 122 Å². The summed E-state index contributed by atoms with van der Waals surface area (Å²) in [7, 11) is 0. The van der Waals surface area contributed by atoms with Gasteiger partial charge in [0.25, 0.3) is 0 Å². The molecule has 0 amide bonds. The van der Waals surface area contributed by atoms with Crippen molar-refractivity contribution in [3.05, 3.63) is 64.7 Å². The van der Waals surface area contributed by atoms with Crippen LogP contribution in [0.4, 0.5) is 0 Å². The van der Waals surface area contributed by atoms with Crippen LogP contribution in [-0.4, -0.2) is 0 Å². The van der Waals surface area contributed by atoms with Crippen LogP contribution in [0.15, 0.2) is 48.0 Å². The van der Waals surface area contributed by atoms with E-state index in [1.165, 1.54) is 27.8 Å². The predicted octanol–water partition coefficient (Wildman–Crippen LogP) is 5.51. The minimum atomic E-state index is 0.636. The van der Waals surface area contributed by atoms with E-state index in [4.69, 9.17) is 0 Å². The number of aryl methyl sites for hydroxylation is 1. The second-order valence-electron chi connectivity index (χ2n) is 5.94. The molecule has 1 aliphatic rings. The van der Waals surface area contributed by atoms with Gasteiger partial charge in [-0.3, -0.25) is 0 Å². The van der Waals surface area contributed by atoms with Gasteiger partial charge < -0.3 is 0 Å². The van der Waals surface area contributed by atoms with E-state index in [1.807, 2.05) is 0 Å². The number of hydrogen-bond donors (Lipinski definition) is 0. The lowest BCUT2D eigenvalue weighted by atomic mass is 9.93. The summed E-state index contributed by atoms with van der Waals surface area (Å²) in [6.07, 6.45) is 4.62. The molecule has 0 heteroatoms. The highest BCUT2D eigenvalue weighted by molar-refractivity contribution is 5.82. The summed E-state index contributed by atoms with van der Waals surface area (Å²) < 4.78 is 0. The highest BCUT2D eigenvalue weighted by atomic mass is 14.2. The highest BCUT2D eigenvalue weighted by Crippen LogP contribution is 2.37. The van der Waals surface area contributed by atoms with Crippen molar-refractivity contribution in [1.82, 2.24) is 0 Å². The first kappa shape index (κ1) is 13.2. The van der Waals surface area contributed by atoms with E-state index < -0.39 is 0 Å². The molecule has 2 aromatic carbocycles. The second kappa shape index (κ2) is 5.28. The maximum atomic E-state index is 2.42. The summed E-state index contributed by atoms with van der Waals surface area (Å²) in [5.74, 6) is 0.636. The number of fused-ring (bicyclic) bond motifs is 1. The van der Waals surface area contributed by atoms with Crippen molar-refractivity contribution >= 4 is 6.08 Å². The van der Waals surface area contributed by atoms with Crippen LogP contribution in [0, 0.1) is 5.92 Å². The van der Waals surface area contributed by atoms with Gasteiger partial charge in [-0.1, -0.05) is 74.9 Å². The molecular weight excluding hydrogens is 240 g/mol.